The molecule has 0 atom stereocenters. The van der Waals surface area contributed by atoms with Gasteiger partial charge in [0, 0.05) is 11.8 Å². The minimum Gasteiger partial charge on any atom is -0.478 e. The predicted octanol–water partition coefficient (Wildman–Crippen LogP) is 2.02. The molecule has 0 aliphatic carbocycles. The SMILES string of the molecule is O=C(Nc1cccc(C(=O)O)c1)Nc1ccon1. The summed E-state index contributed by atoms with van der Waals surface area (Å²) in [7, 11) is 0. The summed E-state index contributed by atoms with van der Waals surface area (Å²) >= 11 is 0. The van der Waals surface area contributed by atoms with Gasteiger partial charge in [-0.25, -0.2) is 9.59 Å². The van der Waals surface area contributed by atoms with E-state index in [1.54, 1.807) is 6.07 Å². The number of hydrogen-bond donors (Lipinski definition) is 3. The zero-order chi connectivity index (χ0) is 13.0. The first-order valence-corrected chi connectivity index (χ1v) is 4.97. The van der Waals surface area contributed by atoms with E-state index in [1.165, 1.54) is 30.5 Å². The van der Waals surface area contributed by atoms with Crippen LogP contribution in [0.5, 0.6) is 0 Å². The van der Waals surface area contributed by atoms with Crippen LogP contribution in [0.3, 0.4) is 0 Å². The zero-order valence-corrected chi connectivity index (χ0v) is 9.08. The van der Waals surface area contributed by atoms with Crippen LogP contribution in [0.2, 0.25) is 0 Å². The zero-order valence-electron chi connectivity index (χ0n) is 9.08. The molecule has 0 saturated carbocycles. The highest BCUT2D eigenvalue weighted by Crippen LogP contribution is 2.11. The predicted molar refractivity (Wildman–Crippen MR) is 62.5 cm³/mol. The molecule has 1 aromatic carbocycles. The molecule has 7 nitrogen and oxygen atoms in total. The smallest absolute Gasteiger partial charge is 0.335 e. The minimum atomic E-state index is -1.06. The molecule has 7 heteroatoms. The van der Waals surface area contributed by atoms with Gasteiger partial charge < -0.3 is 14.9 Å². The van der Waals surface area contributed by atoms with E-state index in [9.17, 15) is 9.59 Å². The van der Waals surface area contributed by atoms with Gasteiger partial charge in [0.25, 0.3) is 0 Å². The Morgan fingerprint density at radius 1 is 1.22 bits per heavy atom. The number of rotatable bonds is 3. The van der Waals surface area contributed by atoms with E-state index in [0.29, 0.717) is 5.69 Å². The number of carbonyl (C=O) groups is 2. The Morgan fingerprint density at radius 3 is 2.72 bits per heavy atom. The van der Waals surface area contributed by atoms with Crippen molar-refractivity contribution in [1.82, 2.24) is 5.16 Å². The van der Waals surface area contributed by atoms with Gasteiger partial charge in [-0.1, -0.05) is 11.2 Å². The molecule has 0 radical (unpaired) electrons. The number of benzene rings is 1. The number of urea groups is 1. The van der Waals surface area contributed by atoms with Crippen LogP contribution in [-0.4, -0.2) is 22.3 Å². The molecule has 2 aromatic rings. The summed E-state index contributed by atoms with van der Waals surface area (Å²) in [5.41, 5.74) is 0.463. The first-order chi connectivity index (χ1) is 8.65. The van der Waals surface area contributed by atoms with Crippen molar-refractivity contribution in [2.75, 3.05) is 10.6 Å². The largest absolute Gasteiger partial charge is 0.478 e. The third-order valence-electron chi connectivity index (χ3n) is 2.05. The van der Waals surface area contributed by atoms with Gasteiger partial charge in [-0.15, -0.1) is 0 Å². The molecule has 1 aromatic heterocycles. The summed E-state index contributed by atoms with van der Waals surface area (Å²) < 4.78 is 4.55. The highest BCUT2D eigenvalue weighted by molar-refractivity contribution is 6.00. The molecular weight excluding hydrogens is 238 g/mol. The number of carbonyl (C=O) groups excluding carboxylic acids is 1. The van der Waals surface area contributed by atoms with E-state index in [1.807, 2.05) is 0 Å². The van der Waals surface area contributed by atoms with Crippen molar-refractivity contribution < 1.29 is 19.2 Å². The van der Waals surface area contributed by atoms with Gasteiger partial charge in [0.15, 0.2) is 5.82 Å². The Kier molecular flexibility index (Phi) is 3.24. The van der Waals surface area contributed by atoms with Crippen LogP contribution in [0.25, 0.3) is 0 Å². The van der Waals surface area contributed by atoms with Crippen LogP contribution in [0, 0.1) is 0 Å². The highest BCUT2D eigenvalue weighted by atomic mass is 16.5. The fourth-order valence-corrected chi connectivity index (χ4v) is 1.29. The Balaban J connectivity index is 2.03. The maximum Gasteiger partial charge on any atom is 0.335 e. The first-order valence-electron chi connectivity index (χ1n) is 4.97. The van der Waals surface area contributed by atoms with E-state index >= 15 is 0 Å². The van der Waals surface area contributed by atoms with Crippen molar-refractivity contribution in [2.45, 2.75) is 0 Å². The number of anilines is 2. The summed E-state index contributed by atoms with van der Waals surface area (Å²) in [6.45, 7) is 0. The molecular formula is C11H9N3O4. The molecule has 0 aliphatic heterocycles. The summed E-state index contributed by atoms with van der Waals surface area (Å²) in [5.74, 6) is -0.794. The Bertz CT molecular complexity index is 565. The summed E-state index contributed by atoms with van der Waals surface area (Å²) in [6.07, 6.45) is 1.32. The van der Waals surface area contributed by atoms with Crippen LogP contribution in [0.1, 0.15) is 10.4 Å². The monoisotopic (exact) mass is 247 g/mol. The lowest BCUT2D eigenvalue weighted by Gasteiger charge is -2.05. The topological polar surface area (TPSA) is 104 Å². The van der Waals surface area contributed by atoms with Gasteiger partial charge in [-0.2, -0.15) is 0 Å². The van der Waals surface area contributed by atoms with Gasteiger partial charge in [0.1, 0.15) is 6.26 Å². The molecule has 0 fully saturated rings. The quantitative estimate of drug-likeness (QED) is 0.769. The van der Waals surface area contributed by atoms with Crippen LogP contribution < -0.4 is 10.6 Å². The van der Waals surface area contributed by atoms with E-state index in [-0.39, 0.29) is 11.4 Å². The average Bonchev–Trinajstić information content (AvgIpc) is 2.82. The molecule has 3 N–H and O–H groups in total. The number of hydrogen-bond acceptors (Lipinski definition) is 4. The maximum absolute atomic E-state index is 11.5. The molecule has 2 amide bonds. The second-order valence-electron chi connectivity index (χ2n) is 3.35. The number of amides is 2. The number of aromatic carboxylic acids is 1. The van der Waals surface area contributed by atoms with Crippen molar-refractivity contribution in [1.29, 1.82) is 0 Å². The summed E-state index contributed by atoms with van der Waals surface area (Å²) in [4.78, 5) is 22.3. The maximum atomic E-state index is 11.5. The van der Waals surface area contributed by atoms with E-state index in [0.717, 1.165) is 0 Å². The van der Waals surface area contributed by atoms with Gasteiger partial charge in [-0.3, -0.25) is 5.32 Å². The molecule has 0 saturated heterocycles. The van der Waals surface area contributed by atoms with Crippen LogP contribution in [-0.2, 0) is 0 Å². The van der Waals surface area contributed by atoms with E-state index in [4.69, 9.17) is 5.11 Å². The van der Waals surface area contributed by atoms with Crippen molar-refractivity contribution in [2.24, 2.45) is 0 Å². The van der Waals surface area contributed by atoms with Crippen molar-refractivity contribution in [3.8, 4) is 0 Å². The van der Waals surface area contributed by atoms with Gasteiger partial charge in [0.2, 0.25) is 0 Å². The third kappa shape index (κ3) is 2.85. The summed E-state index contributed by atoms with van der Waals surface area (Å²) in [6, 6.07) is 6.84. The molecule has 0 unspecified atom stereocenters. The number of carboxylic acids is 1. The van der Waals surface area contributed by atoms with Crippen LogP contribution >= 0.6 is 0 Å². The Labute approximate surface area is 101 Å². The van der Waals surface area contributed by atoms with Crippen molar-refractivity contribution in [3.05, 3.63) is 42.2 Å². The molecule has 92 valence electrons. The van der Waals surface area contributed by atoms with Gasteiger partial charge in [-0.05, 0) is 18.2 Å². The molecule has 18 heavy (non-hydrogen) atoms. The lowest BCUT2D eigenvalue weighted by molar-refractivity contribution is 0.0697. The van der Waals surface area contributed by atoms with Gasteiger partial charge >= 0.3 is 12.0 Å². The average molecular weight is 247 g/mol. The molecule has 0 spiro atoms. The second kappa shape index (κ2) is 5.00. The number of carboxylic acid groups (broad SMARTS) is 1. The molecule has 2 rings (SSSR count). The first kappa shape index (κ1) is 11.6. The fourth-order valence-electron chi connectivity index (χ4n) is 1.29. The Morgan fingerprint density at radius 2 is 2.06 bits per heavy atom. The van der Waals surface area contributed by atoms with Crippen LogP contribution in [0.15, 0.2) is 41.1 Å². The van der Waals surface area contributed by atoms with Crippen LogP contribution in [0.4, 0.5) is 16.3 Å². The second-order valence-corrected chi connectivity index (χ2v) is 3.35. The van der Waals surface area contributed by atoms with E-state index in [2.05, 4.69) is 20.3 Å². The molecule has 0 aliphatic rings. The lowest BCUT2D eigenvalue weighted by atomic mass is 10.2. The number of nitrogens with one attached hydrogen (secondary N) is 2. The number of aromatic nitrogens is 1. The summed E-state index contributed by atoms with van der Waals surface area (Å²) in [5, 5.41) is 17.2. The van der Waals surface area contributed by atoms with Crippen molar-refractivity contribution >= 4 is 23.5 Å². The standard InChI is InChI=1S/C11H9N3O4/c15-10(16)7-2-1-3-8(6-7)12-11(17)13-9-4-5-18-14-9/h1-6H,(H,15,16)(H2,12,13,14,17). The normalized spacial score (nSPS) is 9.78. The fraction of sp³-hybridized carbons (Fsp3) is 0. The third-order valence-corrected chi connectivity index (χ3v) is 2.05. The van der Waals surface area contributed by atoms with Crippen molar-refractivity contribution in [3.63, 3.8) is 0 Å². The molecule has 0 bridgehead atoms. The lowest BCUT2D eigenvalue weighted by Crippen LogP contribution is -2.19. The minimum absolute atomic E-state index is 0.0919. The van der Waals surface area contributed by atoms with Gasteiger partial charge in [0.05, 0.1) is 5.56 Å². The van der Waals surface area contributed by atoms with E-state index < -0.39 is 12.0 Å². The Hall–Kier alpha value is -2.83. The highest BCUT2D eigenvalue weighted by Gasteiger charge is 2.07. The number of nitrogens with zero attached hydrogens (tertiary/aromatic N) is 1. The molecule has 1 heterocycles.